The second kappa shape index (κ2) is 9.05. The van der Waals surface area contributed by atoms with Gasteiger partial charge in [0.05, 0.1) is 0 Å². The van der Waals surface area contributed by atoms with E-state index in [2.05, 4.69) is 4.74 Å². The first-order valence-corrected chi connectivity index (χ1v) is 10.0. The number of hydrogen-bond donors (Lipinski definition) is 0. The lowest BCUT2D eigenvalue weighted by molar-refractivity contribution is -0.189. The average Bonchev–Trinajstić information content (AvgIpc) is 2.76. The molecule has 0 aliphatic heterocycles. The van der Waals surface area contributed by atoms with Crippen LogP contribution in [0.2, 0.25) is 0 Å². The van der Waals surface area contributed by atoms with Crippen LogP contribution in [0.15, 0.2) is 66.7 Å². The fourth-order valence-electron chi connectivity index (χ4n) is 3.47. The van der Waals surface area contributed by atoms with Crippen molar-refractivity contribution in [2.45, 2.75) is 13.0 Å². The highest BCUT2D eigenvalue weighted by atomic mass is 19.3. The van der Waals surface area contributed by atoms with E-state index in [1.165, 1.54) is 12.1 Å². The van der Waals surface area contributed by atoms with Crippen LogP contribution in [-0.4, -0.2) is 0 Å². The van der Waals surface area contributed by atoms with Crippen LogP contribution in [-0.2, 0) is 6.11 Å². The fraction of sp³-hybridized carbons (Fsp3) is 0.0769. The smallest absolute Gasteiger partial charge is 0.429 e. The predicted octanol–water partition coefficient (Wildman–Crippen LogP) is 8.29. The van der Waals surface area contributed by atoms with Gasteiger partial charge in [-0.3, -0.25) is 0 Å². The Morgan fingerprint density at radius 3 is 1.63 bits per heavy atom. The van der Waals surface area contributed by atoms with Crippen molar-refractivity contribution in [3.8, 4) is 28.0 Å². The highest BCUT2D eigenvalue weighted by Crippen LogP contribution is 2.38. The van der Waals surface area contributed by atoms with Gasteiger partial charge in [0.2, 0.25) is 0 Å². The third-order valence-corrected chi connectivity index (χ3v) is 5.20. The van der Waals surface area contributed by atoms with Gasteiger partial charge in [-0.15, -0.1) is 0 Å². The van der Waals surface area contributed by atoms with Gasteiger partial charge in [-0.05, 0) is 41.8 Å². The number of alkyl halides is 2. The maximum atomic E-state index is 14.8. The van der Waals surface area contributed by atoms with E-state index < -0.39 is 52.3 Å². The van der Waals surface area contributed by atoms with Crippen LogP contribution < -0.4 is 4.74 Å². The van der Waals surface area contributed by atoms with Crippen molar-refractivity contribution < 1.29 is 39.9 Å². The number of aryl methyl sites for hydroxylation is 1. The van der Waals surface area contributed by atoms with Crippen molar-refractivity contribution in [1.29, 1.82) is 0 Å². The maximum Gasteiger partial charge on any atom is 0.432 e. The summed E-state index contributed by atoms with van der Waals surface area (Å²) in [5, 5.41) is 0. The van der Waals surface area contributed by atoms with Crippen molar-refractivity contribution >= 4 is 0 Å². The highest BCUT2D eigenvalue weighted by molar-refractivity contribution is 5.71. The Labute approximate surface area is 194 Å². The first-order valence-electron chi connectivity index (χ1n) is 10.0. The first-order chi connectivity index (χ1) is 16.5. The molecule has 0 unspecified atom stereocenters. The molecule has 0 saturated carbocycles. The van der Waals surface area contributed by atoms with E-state index in [1.54, 1.807) is 12.1 Å². The number of hydrogen-bond acceptors (Lipinski definition) is 1. The lowest BCUT2D eigenvalue weighted by Gasteiger charge is -2.20. The summed E-state index contributed by atoms with van der Waals surface area (Å²) in [5.41, 5.74) is -0.319. The molecule has 0 saturated heterocycles. The Hall–Kier alpha value is -3.88. The molecule has 9 heteroatoms. The van der Waals surface area contributed by atoms with E-state index in [-0.39, 0.29) is 23.3 Å². The molecule has 4 rings (SSSR count). The summed E-state index contributed by atoms with van der Waals surface area (Å²) in [4.78, 5) is 0. The van der Waals surface area contributed by atoms with Crippen molar-refractivity contribution in [3.63, 3.8) is 0 Å². The Morgan fingerprint density at radius 2 is 1.09 bits per heavy atom. The van der Waals surface area contributed by atoms with E-state index in [0.717, 1.165) is 11.6 Å². The summed E-state index contributed by atoms with van der Waals surface area (Å²) in [7, 11) is 0. The molecular weight excluding hydrogens is 480 g/mol. The lowest BCUT2D eigenvalue weighted by atomic mass is 9.98. The molecule has 4 aromatic rings. The molecular formula is C26H14F8O. The molecule has 0 radical (unpaired) electrons. The first kappa shape index (κ1) is 24.3. The Morgan fingerprint density at radius 1 is 0.571 bits per heavy atom. The van der Waals surface area contributed by atoms with Crippen LogP contribution in [0.3, 0.4) is 0 Å². The second-order valence-corrected chi connectivity index (χ2v) is 7.70. The molecule has 35 heavy (non-hydrogen) atoms. The molecule has 0 aliphatic rings. The molecule has 0 bridgehead atoms. The van der Waals surface area contributed by atoms with Crippen LogP contribution in [0.4, 0.5) is 35.1 Å². The lowest BCUT2D eigenvalue weighted by Crippen LogP contribution is -2.25. The van der Waals surface area contributed by atoms with Crippen LogP contribution in [0.1, 0.15) is 11.1 Å². The number of halogens is 8. The van der Waals surface area contributed by atoms with Crippen molar-refractivity contribution in [3.05, 3.63) is 113 Å². The third kappa shape index (κ3) is 4.84. The quantitative estimate of drug-likeness (QED) is 0.200. The summed E-state index contributed by atoms with van der Waals surface area (Å²) in [5.74, 6) is -11.3. The monoisotopic (exact) mass is 494 g/mol. The molecule has 180 valence electrons. The van der Waals surface area contributed by atoms with Crippen LogP contribution in [0.5, 0.6) is 5.75 Å². The molecule has 4 aromatic carbocycles. The van der Waals surface area contributed by atoms with E-state index in [9.17, 15) is 35.1 Å². The molecule has 0 atom stereocenters. The van der Waals surface area contributed by atoms with Gasteiger partial charge in [-0.1, -0.05) is 42.0 Å². The summed E-state index contributed by atoms with van der Waals surface area (Å²) in [6.07, 6.45) is -4.74. The van der Waals surface area contributed by atoms with Gasteiger partial charge in [0.1, 0.15) is 28.8 Å². The zero-order valence-corrected chi connectivity index (χ0v) is 17.8. The largest absolute Gasteiger partial charge is 0.432 e. The average molecular weight is 494 g/mol. The summed E-state index contributed by atoms with van der Waals surface area (Å²) in [6, 6.07) is 12.2. The Kier molecular flexibility index (Phi) is 6.27. The molecule has 0 amide bonds. The summed E-state index contributed by atoms with van der Waals surface area (Å²) >= 11 is 0. The molecule has 0 heterocycles. The topological polar surface area (TPSA) is 9.23 Å². The Balaban J connectivity index is 1.67. The van der Waals surface area contributed by atoms with Gasteiger partial charge in [-0.25, -0.2) is 26.3 Å². The molecule has 0 N–H and O–H groups in total. The van der Waals surface area contributed by atoms with Gasteiger partial charge >= 0.3 is 6.11 Å². The van der Waals surface area contributed by atoms with Crippen molar-refractivity contribution in [2.75, 3.05) is 0 Å². The molecule has 0 fully saturated rings. The SMILES string of the molecule is Cc1ccc(-c2ccc(-c3cc(F)c(C(F)(F)Oc4cc(F)c(F)c(F)c4)c(F)c3)c(F)c2)cc1. The normalized spacial score (nSPS) is 11.6. The van der Waals surface area contributed by atoms with Crippen LogP contribution in [0.25, 0.3) is 22.3 Å². The van der Waals surface area contributed by atoms with Crippen molar-refractivity contribution in [1.82, 2.24) is 0 Å². The fourth-order valence-corrected chi connectivity index (χ4v) is 3.47. The van der Waals surface area contributed by atoms with Gasteiger partial charge in [-0.2, -0.15) is 8.78 Å². The minimum Gasteiger partial charge on any atom is -0.429 e. The molecule has 0 aromatic heterocycles. The van der Waals surface area contributed by atoms with Gasteiger partial charge in [0, 0.05) is 17.7 Å². The third-order valence-electron chi connectivity index (χ3n) is 5.20. The minimum atomic E-state index is -4.74. The summed E-state index contributed by atoms with van der Waals surface area (Å²) in [6.45, 7) is 1.88. The summed E-state index contributed by atoms with van der Waals surface area (Å²) < 4.78 is 117. The van der Waals surface area contributed by atoms with Crippen molar-refractivity contribution in [2.24, 2.45) is 0 Å². The second-order valence-electron chi connectivity index (χ2n) is 7.70. The van der Waals surface area contributed by atoms with Crippen LogP contribution >= 0.6 is 0 Å². The van der Waals surface area contributed by atoms with E-state index in [1.807, 2.05) is 19.1 Å². The maximum absolute atomic E-state index is 14.8. The zero-order chi connectivity index (χ0) is 25.5. The van der Waals surface area contributed by atoms with Gasteiger partial charge < -0.3 is 4.74 Å². The molecule has 1 nitrogen and oxygen atoms in total. The van der Waals surface area contributed by atoms with E-state index >= 15 is 0 Å². The number of rotatable bonds is 5. The zero-order valence-electron chi connectivity index (χ0n) is 17.8. The minimum absolute atomic E-state index is 0.0987. The number of benzene rings is 4. The highest BCUT2D eigenvalue weighted by Gasteiger charge is 2.41. The standard InChI is InChI=1S/C26H14F8O/c1-13-2-4-14(5-3-13)15-6-7-18(19(27)8-15)16-9-20(28)24(21(29)10-16)26(33,34)35-17-11-22(30)25(32)23(31)12-17/h2-12H,1H3. The molecule has 0 aliphatic carbocycles. The predicted molar refractivity (Wildman–Crippen MR) is 113 cm³/mol. The van der Waals surface area contributed by atoms with Gasteiger partial charge in [0.25, 0.3) is 0 Å². The Bertz CT molecular complexity index is 1370. The molecule has 0 spiro atoms. The van der Waals surface area contributed by atoms with Gasteiger partial charge in [0.15, 0.2) is 17.5 Å². The van der Waals surface area contributed by atoms with E-state index in [0.29, 0.717) is 23.3 Å². The number of ether oxygens (including phenoxy) is 1. The van der Waals surface area contributed by atoms with Crippen LogP contribution in [0, 0.1) is 41.8 Å². The van der Waals surface area contributed by atoms with E-state index in [4.69, 9.17) is 0 Å².